The topological polar surface area (TPSA) is 61.8 Å². The molecule has 0 aliphatic carbocycles. The van der Waals surface area contributed by atoms with Crippen molar-refractivity contribution in [3.63, 3.8) is 0 Å². The Morgan fingerprint density at radius 3 is 3.06 bits per heavy atom. The van der Waals surface area contributed by atoms with Gasteiger partial charge >= 0.3 is 0 Å². The number of rotatable bonds is 2. The molecule has 0 bridgehead atoms. The number of ether oxygens (including phenoxy) is 1. The Morgan fingerprint density at radius 2 is 2.33 bits per heavy atom. The van der Waals surface area contributed by atoms with E-state index < -0.39 is 6.10 Å². The quantitative estimate of drug-likeness (QED) is 0.816. The van der Waals surface area contributed by atoms with Gasteiger partial charge in [0, 0.05) is 30.6 Å². The molecular weight excluding hydrogens is 232 g/mol. The summed E-state index contributed by atoms with van der Waals surface area (Å²) in [5.74, 6) is -0.353. The molecule has 0 radical (unpaired) electrons. The summed E-state index contributed by atoms with van der Waals surface area (Å²) in [6, 6.07) is 6.02. The van der Waals surface area contributed by atoms with E-state index in [1.165, 1.54) is 0 Å². The summed E-state index contributed by atoms with van der Waals surface area (Å²) in [4.78, 5) is 13.5. The van der Waals surface area contributed by atoms with Crippen LogP contribution in [0.15, 0.2) is 18.2 Å². The van der Waals surface area contributed by atoms with E-state index >= 15 is 0 Å². The summed E-state index contributed by atoms with van der Waals surface area (Å²) in [5.41, 5.74) is 2.38. The van der Waals surface area contributed by atoms with Crippen LogP contribution in [0, 0.1) is 0 Å². The van der Waals surface area contributed by atoms with Crippen LogP contribution in [0.5, 0.6) is 0 Å². The van der Waals surface area contributed by atoms with E-state index in [1.54, 1.807) is 6.07 Å². The van der Waals surface area contributed by atoms with Gasteiger partial charge in [0.1, 0.15) is 0 Å². The first-order valence-corrected chi connectivity index (χ1v) is 6.10. The third-order valence-corrected chi connectivity index (χ3v) is 3.70. The summed E-state index contributed by atoms with van der Waals surface area (Å²) < 4.78 is 5.38. The number of nitrogens with zero attached hydrogens (tertiary/aromatic N) is 1. The average Bonchev–Trinajstić information content (AvgIpc) is 2.98. The normalized spacial score (nSPS) is 26.0. The van der Waals surface area contributed by atoms with E-state index in [1.807, 2.05) is 19.2 Å². The van der Waals surface area contributed by atoms with Gasteiger partial charge in [-0.15, -0.1) is 0 Å². The van der Waals surface area contributed by atoms with Crippen molar-refractivity contribution in [1.82, 2.24) is 0 Å². The van der Waals surface area contributed by atoms with Crippen LogP contribution in [0.25, 0.3) is 0 Å². The van der Waals surface area contributed by atoms with Crippen molar-refractivity contribution in [1.29, 1.82) is 0 Å². The third-order valence-electron chi connectivity index (χ3n) is 3.70. The molecule has 2 N–H and O–H groups in total. The number of amides is 1. The number of hydrogen-bond acceptors (Lipinski definition) is 4. The van der Waals surface area contributed by atoms with Crippen molar-refractivity contribution in [2.75, 3.05) is 30.5 Å². The monoisotopic (exact) mass is 248 g/mol. The molecule has 2 atom stereocenters. The van der Waals surface area contributed by atoms with E-state index in [4.69, 9.17) is 4.74 Å². The fourth-order valence-corrected chi connectivity index (χ4v) is 2.49. The lowest BCUT2D eigenvalue weighted by molar-refractivity contribution is -0.123. The van der Waals surface area contributed by atoms with Crippen molar-refractivity contribution in [3.05, 3.63) is 23.8 Å². The van der Waals surface area contributed by atoms with Gasteiger partial charge in [0.25, 0.3) is 5.91 Å². The molecule has 18 heavy (non-hydrogen) atoms. The van der Waals surface area contributed by atoms with Crippen LogP contribution in [-0.2, 0) is 9.53 Å². The first-order valence-electron chi connectivity index (χ1n) is 6.10. The first kappa shape index (κ1) is 11.5. The summed E-state index contributed by atoms with van der Waals surface area (Å²) in [6.07, 6.45) is -0.0167. The zero-order chi connectivity index (χ0) is 12.7. The number of nitrogens with one attached hydrogen (secondary N) is 1. The van der Waals surface area contributed by atoms with Gasteiger partial charge in [-0.25, -0.2) is 0 Å². The molecule has 0 saturated carbocycles. The van der Waals surface area contributed by atoms with Crippen molar-refractivity contribution >= 4 is 17.3 Å². The minimum absolute atomic E-state index is 0.353. The second-order valence-corrected chi connectivity index (χ2v) is 4.79. The Hall–Kier alpha value is -1.59. The predicted octanol–water partition coefficient (Wildman–Crippen LogP) is 0.897. The van der Waals surface area contributed by atoms with E-state index in [-0.39, 0.29) is 5.91 Å². The fraction of sp³-hybridized carbons (Fsp3) is 0.462. The Kier molecular flexibility index (Phi) is 2.72. The molecular formula is C13H16N2O3. The van der Waals surface area contributed by atoms with Gasteiger partial charge in [-0.2, -0.15) is 0 Å². The molecule has 2 aliphatic rings. The average molecular weight is 248 g/mol. The molecule has 1 amide bonds. The number of aliphatic hydroxyl groups excluding tert-OH is 1. The molecule has 1 aromatic carbocycles. The first-order chi connectivity index (χ1) is 8.66. The highest BCUT2D eigenvalue weighted by Gasteiger charge is 2.29. The van der Waals surface area contributed by atoms with Crippen LogP contribution >= 0.6 is 0 Å². The van der Waals surface area contributed by atoms with Gasteiger partial charge < -0.3 is 20.1 Å². The lowest BCUT2D eigenvalue weighted by Crippen LogP contribution is -2.31. The molecule has 3 rings (SSSR count). The lowest BCUT2D eigenvalue weighted by Gasteiger charge is -2.25. The molecule has 2 heterocycles. The van der Waals surface area contributed by atoms with Crippen LogP contribution in [-0.4, -0.2) is 37.3 Å². The van der Waals surface area contributed by atoms with Gasteiger partial charge in [0.05, 0.1) is 12.6 Å². The fourth-order valence-electron chi connectivity index (χ4n) is 2.49. The smallest absolute Gasteiger partial charge is 0.257 e. The van der Waals surface area contributed by atoms with Crippen molar-refractivity contribution in [2.45, 2.75) is 18.6 Å². The summed E-state index contributed by atoms with van der Waals surface area (Å²) in [6.45, 7) is 1.54. The molecule has 5 nitrogen and oxygen atoms in total. The Balaban J connectivity index is 1.87. The number of fused-ring (bicyclic) bond motifs is 1. The van der Waals surface area contributed by atoms with Crippen LogP contribution < -0.4 is 10.2 Å². The highest BCUT2D eigenvalue weighted by Crippen LogP contribution is 2.34. The third kappa shape index (κ3) is 1.76. The number of likely N-dealkylation sites (N-methyl/N-ethyl adjacent to an activating group) is 1. The SMILES string of the molecule is CN(c1ccc2c(c1)NC(=O)C2O)C1CCOC1. The summed E-state index contributed by atoms with van der Waals surface area (Å²) >= 11 is 0. The largest absolute Gasteiger partial charge is 0.379 e. The van der Waals surface area contributed by atoms with E-state index in [9.17, 15) is 9.90 Å². The molecule has 1 aromatic rings. The Bertz CT molecular complexity index is 483. The molecule has 2 aliphatic heterocycles. The second kappa shape index (κ2) is 4.26. The zero-order valence-electron chi connectivity index (χ0n) is 10.2. The minimum atomic E-state index is -1.03. The number of carbonyl (C=O) groups is 1. The Morgan fingerprint density at radius 1 is 1.50 bits per heavy atom. The minimum Gasteiger partial charge on any atom is -0.379 e. The van der Waals surface area contributed by atoms with Crippen LogP contribution in [0.3, 0.4) is 0 Å². The Labute approximate surface area is 105 Å². The van der Waals surface area contributed by atoms with Gasteiger partial charge in [-0.05, 0) is 18.6 Å². The lowest BCUT2D eigenvalue weighted by atomic mass is 10.1. The standard InChI is InChI=1S/C13H16N2O3/c1-15(9-4-5-18-7-9)8-2-3-10-11(6-8)14-13(17)12(10)16/h2-3,6,9,12,16H,4-5,7H2,1H3,(H,14,17). The highest BCUT2D eigenvalue weighted by atomic mass is 16.5. The van der Waals surface area contributed by atoms with Gasteiger partial charge in [0.2, 0.25) is 0 Å². The van der Waals surface area contributed by atoms with Crippen LogP contribution in [0.4, 0.5) is 11.4 Å². The maximum absolute atomic E-state index is 11.4. The molecule has 5 heteroatoms. The molecule has 2 unspecified atom stereocenters. The number of carbonyl (C=O) groups excluding carboxylic acids is 1. The van der Waals surface area contributed by atoms with Crippen LogP contribution in [0.1, 0.15) is 18.1 Å². The predicted molar refractivity (Wildman–Crippen MR) is 67.7 cm³/mol. The maximum atomic E-state index is 11.4. The van der Waals surface area contributed by atoms with Crippen molar-refractivity contribution in [3.8, 4) is 0 Å². The van der Waals surface area contributed by atoms with Gasteiger partial charge in [-0.3, -0.25) is 4.79 Å². The molecule has 1 saturated heterocycles. The number of benzene rings is 1. The second-order valence-electron chi connectivity index (χ2n) is 4.79. The molecule has 0 aromatic heterocycles. The van der Waals surface area contributed by atoms with Crippen molar-refractivity contribution in [2.24, 2.45) is 0 Å². The summed E-state index contributed by atoms with van der Waals surface area (Å²) in [5, 5.41) is 12.3. The van der Waals surface area contributed by atoms with E-state index in [0.29, 0.717) is 17.3 Å². The molecule has 96 valence electrons. The van der Waals surface area contributed by atoms with Crippen LogP contribution in [0.2, 0.25) is 0 Å². The number of aliphatic hydroxyl groups is 1. The summed E-state index contributed by atoms with van der Waals surface area (Å²) in [7, 11) is 2.02. The highest BCUT2D eigenvalue weighted by molar-refractivity contribution is 6.02. The van der Waals surface area contributed by atoms with Crippen molar-refractivity contribution < 1.29 is 14.6 Å². The number of hydrogen-bond donors (Lipinski definition) is 2. The molecule has 0 spiro atoms. The van der Waals surface area contributed by atoms with E-state index in [0.717, 1.165) is 25.3 Å². The van der Waals surface area contributed by atoms with Gasteiger partial charge in [-0.1, -0.05) is 6.07 Å². The zero-order valence-corrected chi connectivity index (χ0v) is 10.2. The van der Waals surface area contributed by atoms with Gasteiger partial charge in [0.15, 0.2) is 6.10 Å². The number of anilines is 2. The van der Waals surface area contributed by atoms with E-state index in [2.05, 4.69) is 10.2 Å². The molecule has 1 fully saturated rings. The maximum Gasteiger partial charge on any atom is 0.257 e.